The Kier molecular flexibility index (Phi) is 14.5. The minimum atomic E-state index is 0.116. The largest absolute Gasteiger partial charge is 0.150 e. The molecule has 258 valence electrons. The Balaban J connectivity index is 1.57. The second kappa shape index (κ2) is 17.9. The number of rotatable bonds is 16. The summed E-state index contributed by atoms with van der Waals surface area (Å²) in [6.45, 7) is 4.43. The van der Waals surface area contributed by atoms with Gasteiger partial charge >= 0.3 is 0 Å². The molecule has 2 aromatic heterocycles. The monoisotopic (exact) mass is 842 g/mol. The van der Waals surface area contributed by atoms with Crippen molar-refractivity contribution < 1.29 is 0 Å². The van der Waals surface area contributed by atoms with Gasteiger partial charge in [0.25, 0.3) is 0 Å². The maximum atomic E-state index is 7.21. The fourth-order valence-corrected chi connectivity index (χ4v) is 10.6. The topological polar surface area (TPSA) is 51.6 Å². The van der Waals surface area contributed by atoms with Gasteiger partial charge < -0.3 is 0 Å². The lowest BCUT2D eigenvalue weighted by molar-refractivity contribution is 0.606. The number of hydrogen-bond acceptors (Lipinski definition) is 6. The summed E-state index contributed by atoms with van der Waals surface area (Å²) in [4.78, 5) is 0. The number of fused-ring (bicyclic) bond motifs is 2. The molecule has 4 nitrogen and oxygen atoms in total. The predicted octanol–water partition coefficient (Wildman–Crippen LogP) is 16.1. The summed E-state index contributed by atoms with van der Waals surface area (Å²) in [6.07, 6.45) is 15.8. The van der Waals surface area contributed by atoms with Crippen molar-refractivity contribution in [2.24, 2.45) is 0 Å². The molecule has 0 bridgehead atoms. The summed E-state index contributed by atoms with van der Waals surface area (Å²) in [5, 5.41) is 23.6. The van der Waals surface area contributed by atoms with Gasteiger partial charge in [-0.05, 0) is 12.8 Å². The Labute approximate surface area is 329 Å². The number of hydrogen-bond donors (Lipinski definition) is 0. The minimum Gasteiger partial charge on any atom is -0.143 e. The molecule has 0 fully saturated rings. The zero-order valence-corrected chi connectivity index (χ0v) is 34.2. The lowest BCUT2D eigenvalue weighted by Gasteiger charge is -2.19. The van der Waals surface area contributed by atoms with Gasteiger partial charge in [0.15, 0.2) is 5.01 Å². The summed E-state index contributed by atoms with van der Waals surface area (Å²) >= 11 is 58.8. The van der Waals surface area contributed by atoms with Crippen molar-refractivity contribution in [2.75, 3.05) is 0 Å². The van der Waals surface area contributed by atoms with Crippen LogP contribution in [0.5, 0.6) is 0 Å². The number of halogens is 8. The molecule has 0 aliphatic heterocycles. The SMILES string of the molecule is CCCCCCCCc1nnc(-c2c(Cl)c(Cl)c3c(Cl)c4c(-c5nnc(CCCCCCCC)s5)c(Cl)c(Cl)c(Cl)c4c(Cl)c3c2Cl)s1. The summed E-state index contributed by atoms with van der Waals surface area (Å²) < 4.78 is 0. The number of unbranched alkanes of at least 4 members (excludes halogenated alkanes) is 10. The molecule has 0 saturated carbocycles. The number of aromatic nitrogens is 4. The van der Waals surface area contributed by atoms with Crippen LogP contribution in [0.25, 0.3) is 42.7 Å². The molecule has 14 heteroatoms. The van der Waals surface area contributed by atoms with E-state index >= 15 is 0 Å². The van der Waals surface area contributed by atoms with Crippen molar-refractivity contribution in [3.8, 4) is 21.1 Å². The first-order chi connectivity index (χ1) is 23.1. The van der Waals surface area contributed by atoms with E-state index in [4.69, 9.17) is 92.8 Å². The molecule has 0 spiro atoms. The van der Waals surface area contributed by atoms with Crippen LogP contribution < -0.4 is 0 Å². The van der Waals surface area contributed by atoms with E-state index in [0.29, 0.717) is 42.7 Å². The highest BCUT2D eigenvalue weighted by Gasteiger charge is 2.30. The average molecular weight is 846 g/mol. The number of benzene rings is 3. The maximum Gasteiger partial charge on any atom is 0.150 e. The Morgan fingerprint density at radius 1 is 0.375 bits per heavy atom. The van der Waals surface area contributed by atoms with E-state index in [9.17, 15) is 0 Å². The zero-order chi connectivity index (χ0) is 34.5. The Morgan fingerprint density at radius 3 is 1.31 bits per heavy atom. The quantitative estimate of drug-likeness (QED) is 0.0430. The molecule has 5 rings (SSSR count). The van der Waals surface area contributed by atoms with E-state index in [-0.39, 0.29) is 40.2 Å². The number of aryl methyl sites for hydroxylation is 2. The highest BCUT2D eigenvalue weighted by molar-refractivity contribution is 7.15. The van der Waals surface area contributed by atoms with Crippen LogP contribution >= 0.6 is 115 Å². The van der Waals surface area contributed by atoms with Gasteiger partial charge in [0.1, 0.15) is 15.0 Å². The molecular formula is C34H34Cl8N4S2. The van der Waals surface area contributed by atoms with Crippen LogP contribution in [0.15, 0.2) is 0 Å². The zero-order valence-electron chi connectivity index (χ0n) is 26.5. The van der Waals surface area contributed by atoms with Crippen LogP contribution in [-0.2, 0) is 12.8 Å². The van der Waals surface area contributed by atoms with Crippen molar-refractivity contribution >= 4 is 137 Å². The summed E-state index contributed by atoms with van der Waals surface area (Å²) in [7, 11) is 0. The van der Waals surface area contributed by atoms with Gasteiger partial charge in [-0.1, -0.05) is 194 Å². The Bertz CT molecular complexity index is 1920. The molecule has 0 unspecified atom stereocenters. The predicted molar refractivity (Wildman–Crippen MR) is 213 cm³/mol. The molecule has 0 aliphatic rings. The first kappa shape index (κ1) is 38.8. The summed E-state index contributed by atoms with van der Waals surface area (Å²) in [5.41, 5.74) is 0.900. The maximum absolute atomic E-state index is 7.21. The van der Waals surface area contributed by atoms with E-state index < -0.39 is 0 Å². The van der Waals surface area contributed by atoms with Crippen molar-refractivity contribution in [2.45, 2.75) is 104 Å². The van der Waals surface area contributed by atoms with Crippen LogP contribution in [0, 0.1) is 0 Å². The van der Waals surface area contributed by atoms with Gasteiger partial charge in [-0.3, -0.25) is 0 Å². The van der Waals surface area contributed by atoms with Crippen LogP contribution in [0.1, 0.15) is 101 Å². The molecule has 0 atom stereocenters. The van der Waals surface area contributed by atoms with Gasteiger partial charge in [-0.25, -0.2) is 0 Å². The Hall–Kier alpha value is -0.380. The normalized spacial score (nSPS) is 11.9. The molecule has 5 aromatic rings. The molecule has 0 aliphatic carbocycles. The number of nitrogens with zero attached hydrogens (tertiary/aromatic N) is 4. The van der Waals surface area contributed by atoms with Crippen molar-refractivity contribution in [1.29, 1.82) is 0 Å². The smallest absolute Gasteiger partial charge is 0.143 e. The van der Waals surface area contributed by atoms with Crippen molar-refractivity contribution in [3.05, 3.63) is 50.2 Å². The van der Waals surface area contributed by atoms with Crippen molar-refractivity contribution in [3.63, 3.8) is 0 Å². The van der Waals surface area contributed by atoms with Gasteiger partial charge in [-0.2, -0.15) is 0 Å². The molecule has 3 aromatic carbocycles. The molecule has 0 saturated heterocycles. The molecule has 0 amide bonds. The summed E-state index contributed by atoms with van der Waals surface area (Å²) in [5.74, 6) is 0. The third-order valence-corrected chi connectivity index (χ3v) is 13.7. The second-order valence-corrected chi connectivity index (χ2v) is 16.9. The second-order valence-electron chi connectivity index (χ2n) is 11.8. The molecule has 0 N–H and O–H groups in total. The van der Waals surface area contributed by atoms with E-state index in [1.807, 2.05) is 0 Å². The minimum absolute atomic E-state index is 0.116. The fourth-order valence-electron chi connectivity index (χ4n) is 5.82. The third-order valence-electron chi connectivity index (χ3n) is 8.37. The fraction of sp³-hybridized carbons (Fsp3) is 0.471. The lowest BCUT2D eigenvalue weighted by Crippen LogP contribution is -1.94. The third kappa shape index (κ3) is 8.14. The van der Waals surface area contributed by atoms with Crippen LogP contribution in [0.3, 0.4) is 0 Å². The van der Waals surface area contributed by atoms with Crippen LogP contribution in [0.4, 0.5) is 0 Å². The Morgan fingerprint density at radius 2 is 0.771 bits per heavy atom. The van der Waals surface area contributed by atoms with E-state index in [0.717, 1.165) is 48.5 Å². The highest BCUT2D eigenvalue weighted by Crippen LogP contribution is 2.57. The van der Waals surface area contributed by atoms with Gasteiger partial charge in [0.2, 0.25) is 0 Å². The molecular weight excluding hydrogens is 812 g/mol. The van der Waals surface area contributed by atoms with Crippen LogP contribution in [-0.4, -0.2) is 20.4 Å². The summed E-state index contributed by atoms with van der Waals surface area (Å²) in [6, 6.07) is 0. The first-order valence-corrected chi connectivity index (χ1v) is 20.9. The molecule has 0 radical (unpaired) electrons. The van der Waals surface area contributed by atoms with E-state index in [1.54, 1.807) is 0 Å². The highest BCUT2D eigenvalue weighted by atomic mass is 35.5. The molecule has 48 heavy (non-hydrogen) atoms. The van der Waals surface area contributed by atoms with Gasteiger partial charge in [0.05, 0.1) is 45.7 Å². The van der Waals surface area contributed by atoms with E-state index in [2.05, 4.69) is 34.2 Å². The van der Waals surface area contributed by atoms with Gasteiger partial charge in [0, 0.05) is 39.9 Å². The first-order valence-electron chi connectivity index (χ1n) is 16.2. The lowest BCUT2D eigenvalue weighted by atomic mass is 9.97. The van der Waals surface area contributed by atoms with Gasteiger partial charge in [-0.15, -0.1) is 20.4 Å². The standard InChI is InChI=1S/C34H34Cl8N4S2/c1-3-5-7-9-11-13-15-17-43-45-33(47-17)23-19-20(29(39)32(42)30(23)40)26(36)21-22(25(19)35)28(38)31(41)24(27(21)37)34-46-44-18(48-34)16-14-12-10-8-6-4-2/h3-16H2,1-2H3. The van der Waals surface area contributed by atoms with Crippen LogP contribution in [0.2, 0.25) is 40.2 Å². The van der Waals surface area contributed by atoms with Crippen molar-refractivity contribution in [1.82, 2.24) is 20.4 Å². The van der Waals surface area contributed by atoms with E-state index in [1.165, 1.54) is 74.0 Å². The average Bonchev–Trinajstić information content (AvgIpc) is 3.73. The molecule has 2 heterocycles.